The van der Waals surface area contributed by atoms with Gasteiger partial charge in [0, 0.05) is 23.2 Å². The molecule has 3 heterocycles. The predicted molar refractivity (Wildman–Crippen MR) is 125 cm³/mol. The first-order chi connectivity index (χ1) is 14.2. The number of ether oxygens (including phenoxy) is 1. The van der Waals surface area contributed by atoms with Crippen LogP contribution in [0.2, 0.25) is 0 Å². The standard InChI is InChI=1S/C23H23N3OS2/c1-3-4-12-28-23-21(24)20-17(15-8-6-5-7-9-15)13-18(26-22(20)29-23)16-10-11-19(27-2)25-14-16/h5-11,13-14H,3-4,12,24H2,1-2H3. The van der Waals surface area contributed by atoms with Crippen LogP contribution < -0.4 is 10.5 Å². The van der Waals surface area contributed by atoms with Gasteiger partial charge in [-0.15, -0.1) is 23.1 Å². The van der Waals surface area contributed by atoms with Crippen molar-refractivity contribution in [2.24, 2.45) is 0 Å². The first-order valence-corrected chi connectivity index (χ1v) is 11.4. The lowest BCUT2D eigenvalue weighted by atomic mass is 10.0. The number of unbranched alkanes of at least 4 members (excludes halogenated alkanes) is 1. The molecule has 1 aromatic carbocycles. The largest absolute Gasteiger partial charge is 0.481 e. The summed E-state index contributed by atoms with van der Waals surface area (Å²) in [5, 5.41) is 1.05. The maximum Gasteiger partial charge on any atom is 0.212 e. The number of methoxy groups -OCH3 is 1. The second-order valence-corrected chi connectivity index (χ2v) is 9.06. The van der Waals surface area contributed by atoms with Crippen molar-refractivity contribution >= 4 is 39.0 Å². The Morgan fingerprint density at radius 2 is 1.93 bits per heavy atom. The van der Waals surface area contributed by atoms with E-state index in [0.717, 1.165) is 48.3 Å². The van der Waals surface area contributed by atoms with Gasteiger partial charge >= 0.3 is 0 Å². The first-order valence-electron chi connectivity index (χ1n) is 9.63. The minimum absolute atomic E-state index is 0.591. The fourth-order valence-electron chi connectivity index (χ4n) is 3.16. The molecular formula is C23H23N3OS2. The molecule has 4 aromatic rings. The lowest BCUT2D eigenvalue weighted by molar-refractivity contribution is 0.398. The second kappa shape index (κ2) is 8.84. The van der Waals surface area contributed by atoms with Crippen LogP contribution in [0.1, 0.15) is 19.8 Å². The van der Waals surface area contributed by atoms with E-state index in [0.29, 0.717) is 5.88 Å². The molecule has 0 fully saturated rings. The van der Waals surface area contributed by atoms with E-state index in [1.54, 1.807) is 24.6 Å². The van der Waals surface area contributed by atoms with Crippen LogP contribution in [-0.2, 0) is 0 Å². The van der Waals surface area contributed by atoms with Crippen molar-refractivity contribution in [3.05, 3.63) is 54.7 Å². The Hall–Kier alpha value is -2.57. The van der Waals surface area contributed by atoms with E-state index in [1.807, 2.05) is 30.0 Å². The number of thiophene rings is 1. The fraction of sp³-hybridized carbons (Fsp3) is 0.217. The van der Waals surface area contributed by atoms with Gasteiger partial charge in [0.05, 0.1) is 22.7 Å². The Morgan fingerprint density at radius 3 is 2.62 bits per heavy atom. The SMILES string of the molecule is CCCCSc1sc2nc(-c3ccc(OC)nc3)cc(-c3ccccc3)c2c1N. The molecule has 148 valence electrons. The van der Waals surface area contributed by atoms with Gasteiger partial charge in [0.15, 0.2) is 0 Å². The molecule has 0 aliphatic carbocycles. The lowest BCUT2D eigenvalue weighted by Gasteiger charge is -2.09. The average molecular weight is 422 g/mol. The van der Waals surface area contributed by atoms with Gasteiger partial charge in [0.2, 0.25) is 5.88 Å². The molecule has 0 saturated heterocycles. The number of hydrogen-bond donors (Lipinski definition) is 1. The minimum atomic E-state index is 0.591. The highest BCUT2D eigenvalue weighted by atomic mass is 32.2. The molecule has 0 aliphatic rings. The zero-order valence-electron chi connectivity index (χ0n) is 16.5. The summed E-state index contributed by atoms with van der Waals surface area (Å²) in [6.07, 6.45) is 4.16. The highest BCUT2D eigenvalue weighted by molar-refractivity contribution is 8.01. The summed E-state index contributed by atoms with van der Waals surface area (Å²) in [6, 6.07) is 16.3. The van der Waals surface area contributed by atoms with E-state index in [-0.39, 0.29) is 0 Å². The van der Waals surface area contributed by atoms with Gasteiger partial charge in [-0.05, 0) is 35.4 Å². The van der Waals surface area contributed by atoms with Crippen molar-refractivity contribution in [3.8, 4) is 28.3 Å². The summed E-state index contributed by atoms with van der Waals surface area (Å²) >= 11 is 3.51. The van der Waals surface area contributed by atoms with Crippen molar-refractivity contribution in [2.45, 2.75) is 24.0 Å². The Bertz CT molecular complexity index is 1110. The van der Waals surface area contributed by atoms with Crippen LogP contribution >= 0.6 is 23.1 Å². The number of nitrogen functional groups attached to an aromatic ring is 1. The second-order valence-electron chi connectivity index (χ2n) is 6.70. The molecule has 0 radical (unpaired) electrons. The number of benzene rings is 1. The monoisotopic (exact) mass is 421 g/mol. The van der Waals surface area contributed by atoms with Gasteiger partial charge in [0.1, 0.15) is 4.83 Å². The number of pyridine rings is 2. The summed E-state index contributed by atoms with van der Waals surface area (Å²) in [5.41, 5.74) is 11.5. The van der Waals surface area contributed by atoms with Crippen molar-refractivity contribution in [1.29, 1.82) is 0 Å². The molecule has 0 bridgehead atoms. The van der Waals surface area contributed by atoms with Crippen LogP contribution in [0.5, 0.6) is 5.88 Å². The molecule has 0 unspecified atom stereocenters. The summed E-state index contributed by atoms with van der Waals surface area (Å²) in [5.74, 6) is 1.66. The van der Waals surface area contributed by atoms with Crippen LogP contribution in [0.3, 0.4) is 0 Å². The Labute approximate surface area is 179 Å². The predicted octanol–water partition coefficient (Wildman–Crippen LogP) is 6.51. The number of anilines is 1. The zero-order chi connectivity index (χ0) is 20.2. The summed E-state index contributed by atoms with van der Waals surface area (Å²) < 4.78 is 6.34. The summed E-state index contributed by atoms with van der Waals surface area (Å²) in [4.78, 5) is 10.2. The van der Waals surface area contributed by atoms with Crippen LogP contribution in [-0.4, -0.2) is 22.8 Å². The number of hydrogen-bond acceptors (Lipinski definition) is 6. The maximum atomic E-state index is 6.61. The summed E-state index contributed by atoms with van der Waals surface area (Å²) in [7, 11) is 1.62. The van der Waals surface area contributed by atoms with Crippen molar-refractivity contribution in [2.75, 3.05) is 18.6 Å². The van der Waals surface area contributed by atoms with Gasteiger partial charge in [-0.1, -0.05) is 43.7 Å². The first kappa shape index (κ1) is 19.7. The molecule has 0 saturated carbocycles. The van der Waals surface area contributed by atoms with E-state index in [1.165, 1.54) is 12.8 Å². The van der Waals surface area contributed by atoms with E-state index in [2.05, 4.69) is 42.2 Å². The number of fused-ring (bicyclic) bond motifs is 1. The van der Waals surface area contributed by atoms with Gasteiger partial charge < -0.3 is 10.5 Å². The number of thioether (sulfide) groups is 1. The van der Waals surface area contributed by atoms with E-state index >= 15 is 0 Å². The summed E-state index contributed by atoms with van der Waals surface area (Å²) in [6.45, 7) is 2.21. The third kappa shape index (κ3) is 4.09. The number of nitrogens with zero attached hydrogens (tertiary/aromatic N) is 2. The highest BCUT2D eigenvalue weighted by Gasteiger charge is 2.18. The smallest absolute Gasteiger partial charge is 0.212 e. The Balaban J connectivity index is 1.87. The molecule has 6 heteroatoms. The van der Waals surface area contributed by atoms with E-state index < -0.39 is 0 Å². The van der Waals surface area contributed by atoms with Crippen LogP contribution in [0.25, 0.3) is 32.6 Å². The molecule has 0 aliphatic heterocycles. The van der Waals surface area contributed by atoms with Gasteiger partial charge in [-0.25, -0.2) is 9.97 Å². The topological polar surface area (TPSA) is 61.0 Å². The van der Waals surface area contributed by atoms with Gasteiger partial charge in [0.25, 0.3) is 0 Å². The maximum absolute atomic E-state index is 6.61. The molecule has 3 aromatic heterocycles. The quantitative estimate of drug-likeness (QED) is 0.272. The van der Waals surface area contributed by atoms with Crippen molar-refractivity contribution in [3.63, 3.8) is 0 Å². The highest BCUT2D eigenvalue weighted by Crippen LogP contribution is 2.45. The molecule has 2 N–H and O–H groups in total. The van der Waals surface area contributed by atoms with Crippen molar-refractivity contribution in [1.82, 2.24) is 9.97 Å². The molecule has 4 nitrogen and oxygen atoms in total. The van der Waals surface area contributed by atoms with E-state index in [9.17, 15) is 0 Å². The third-order valence-corrected chi connectivity index (χ3v) is 7.19. The van der Waals surface area contributed by atoms with Crippen LogP contribution in [0.4, 0.5) is 5.69 Å². The average Bonchev–Trinajstić information content (AvgIpc) is 3.09. The van der Waals surface area contributed by atoms with Crippen molar-refractivity contribution < 1.29 is 4.74 Å². The normalized spacial score (nSPS) is 11.1. The molecule has 0 amide bonds. The zero-order valence-corrected chi connectivity index (χ0v) is 18.1. The van der Waals surface area contributed by atoms with Gasteiger partial charge in [-0.3, -0.25) is 0 Å². The Kier molecular flexibility index (Phi) is 6.02. The minimum Gasteiger partial charge on any atom is -0.481 e. The number of rotatable bonds is 7. The molecule has 4 rings (SSSR count). The molecular weight excluding hydrogens is 398 g/mol. The third-order valence-electron chi connectivity index (χ3n) is 4.72. The number of aromatic nitrogens is 2. The fourth-order valence-corrected chi connectivity index (χ4v) is 5.61. The molecule has 29 heavy (non-hydrogen) atoms. The van der Waals surface area contributed by atoms with E-state index in [4.69, 9.17) is 15.5 Å². The van der Waals surface area contributed by atoms with Gasteiger partial charge in [-0.2, -0.15) is 0 Å². The number of nitrogens with two attached hydrogens (primary N) is 1. The molecule has 0 atom stereocenters. The van der Waals surface area contributed by atoms with Crippen LogP contribution in [0.15, 0.2) is 58.9 Å². The van der Waals surface area contributed by atoms with Crippen LogP contribution in [0, 0.1) is 0 Å². The molecule has 0 spiro atoms. The lowest BCUT2D eigenvalue weighted by Crippen LogP contribution is -1.92. The Morgan fingerprint density at radius 1 is 1.10 bits per heavy atom.